The Morgan fingerprint density at radius 3 is 2.59 bits per heavy atom. The quantitative estimate of drug-likeness (QED) is 0.802. The van der Waals surface area contributed by atoms with Gasteiger partial charge in [0.05, 0.1) is 0 Å². The van der Waals surface area contributed by atoms with Gasteiger partial charge in [0, 0.05) is 36.7 Å². The molecule has 1 aliphatic rings. The van der Waals surface area contributed by atoms with Crippen molar-refractivity contribution < 1.29 is 4.79 Å². The number of aromatic nitrogens is 2. The maximum Gasteiger partial charge on any atom is 0.274 e. The van der Waals surface area contributed by atoms with Crippen molar-refractivity contribution in [3.8, 4) is 0 Å². The first kappa shape index (κ1) is 19.1. The summed E-state index contributed by atoms with van der Waals surface area (Å²) >= 11 is 0. The Kier molecular flexibility index (Phi) is 6.27. The lowest BCUT2D eigenvalue weighted by Gasteiger charge is -2.32. The first-order valence-corrected chi connectivity index (χ1v) is 9.81. The summed E-state index contributed by atoms with van der Waals surface area (Å²) in [4.78, 5) is 23.4. The van der Waals surface area contributed by atoms with E-state index in [0.717, 1.165) is 31.1 Å². The fourth-order valence-corrected chi connectivity index (χ4v) is 3.09. The highest BCUT2D eigenvalue weighted by Crippen LogP contribution is 2.24. The van der Waals surface area contributed by atoms with Crippen LogP contribution in [0.1, 0.15) is 50.5 Å². The molecule has 3 rings (SSSR count). The van der Waals surface area contributed by atoms with Crippen LogP contribution in [0.5, 0.6) is 0 Å². The Morgan fingerprint density at radius 2 is 1.93 bits per heavy atom. The molecule has 6 heteroatoms. The molecule has 6 nitrogen and oxygen atoms in total. The molecule has 0 radical (unpaired) electrons. The number of nitrogens with one attached hydrogen (secondary N) is 2. The fraction of sp³-hybridized carbons (Fsp3) is 0.476. The average Bonchev–Trinajstić information content (AvgIpc) is 2.69. The Labute approximate surface area is 161 Å². The van der Waals surface area contributed by atoms with Gasteiger partial charge in [-0.2, -0.15) is 0 Å². The number of piperidine rings is 1. The molecular formula is C21H29N5O. The lowest BCUT2D eigenvalue weighted by molar-refractivity contribution is 0.102. The number of anilines is 3. The first-order chi connectivity index (χ1) is 13.0. The summed E-state index contributed by atoms with van der Waals surface area (Å²) in [6.07, 6.45) is 5.04. The van der Waals surface area contributed by atoms with E-state index in [1.807, 2.05) is 12.1 Å². The lowest BCUT2D eigenvalue weighted by atomic mass is 9.99. The minimum atomic E-state index is -0.232. The zero-order valence-corrected chi connectivity index (χ0v) is 16.4. The van der Waals surface area contributed by atoms with Gasteiger partial charge < -0.3 is 15.5 Å². The molecule has 0 saturated carbocycles. The summed E-state index contributed by atoms with van der Waals surface area (Å²) in [6.45, 7) is 8.65. The second-order valence-electron chi connectivity index (χ2n) is 7.39. The van der Waals surface area contributed by atoms with Crippen LogP contribution in [0.4, 0.5) is 17.3 Å². The molecule has 1 fully saturated rings. The normalized spacial score (nSPS) is 16.0. The number of carbonyl (C=O) groups is 1. The molecule has 2 aromatic rings. The third kappa shape index (κ3) is 5.18. The minimum Gasteiger partial charge on any atom is -0.372 e. The van der Waals surface area contributed by atoms with Crippen molar-refractivity contribution in [2.45, 2.75) is 46.1 Å². The SMILES string of the molecule is CCC(C)Nc1nccc(C(=O)Nc2ccc(N3CCC(C)CC3)cc2)n1. The van der Waals surface area contributed by atoms with Crippen molar-refractivity contribution in [2.24, 2.45) is 5.92 Å². The van der Waals surface area contributed by atoms with Crippen LogP contribution < -0.4 is 15.5 Å². The minimum absolute atomic E-state index is 0.232. The van der Waals surface area contributed by atoms with E-state index < -0.39 is 0 Å². The molecule has 144 valence electrons. The maximum absolute atomic E-state index is 12.5. The molecule has 1 aromatic heterocycles. The van der Waals surface area contributed by atoms with E-state index in [4.69, 9.17) is 0 Å². The van der Waals surface area contributed by atoms with Gasteiger partial charge in [0.2, 0.25) is 5.95 Å². The number of nitrogens with zero attached hydrogens (tertiary/aromatic N) is 3. The van der Waals surface area contributed by atoms with Gasteiger partial charge in [0.1, 0.15) is 5.69 Å². The first-order valence-electron chi connectivity index (χ1n) is 9.81. The summed E-state index contributed by atoms with van der Waals surface area (Å²) in [5.41, 5.74) is 2.33. The monoisotopic (exact) mass is 367 g/mol. The van der Waals surface area contributed by atoms with Gasteiger partial charge in [-0.25, -0.2) is 9.97 Å². The van der Waals surface area contributed by atoms with Crippen molar-refractivity contribution in [3.05, 3.63) is 42.2 Å². The number of benzene rings is 1. The summed E-state index contributed by atoms with van der Waals surface area (Å²) in [7, 11) is 0. The number of hydrogen-bond acceptors (Lipinski definition) is 5. The predicted molar refractivity (Wildman–Crippen MR) is 110 cm³/mol. The second kappa shape index (κ2) is 8.84. The molecule has 2 N–H and O–H groups in total. The van der Waals surface area contributed by atoms with Crippen LogP contribution in [0.2, 0.25) is 0 Å². The fourth-order valence-electron chi connectivity index (χ4n) is 3.09. The third-order valence-corrected chi connectivity index (χ3v) is 5.15. The smallest absolute Gasteiger partial charge is 0.274 e. The zero-order valence-electron chi connectivity index (χ0n) is 16.4. The number of carbonyl (C=O) groups excluding carboxylic acids is 1. The number of amides is 1. The average molecular weight is 367 g/mol. The highest BCUT2D eigenvalue weighted by atomic mass is 16.1. The van der Waals surface area contributed by atoms with E-state index in [0.29, 0.717) is 11.6 Å². The molecule has 1 amide bonds. The van der Waals surface area contributed by atoms with Crippen LogP contribution in [0.15, 0.2) is 36.5 Å². The van der Waals surface area contributed by atoms with Crippen LogP contribution in [0, 0.1) is 5.92 Å². The van der Waals surface area contributed by atoms with Crippen LogP contribution in [0.25, 0.3) is 0 Å². The molecule has 0 bridgehead atoms. The van der Waals surface area contributed by atoms with E-state index in [9.17, 15) is 4.79 Å². The summed E-state index contributed by atoms with van der Waals surface area (Å²) in [6, 6.07) is 9.92. The second-order valence-corrected chi connectivity index (χ2v) is 7.39. The van der Waals surface area contributed by atoms with Crippen molar-refractivity contribution >= 4 is 23.2 Å². The van der Waals surface area contributed by atoms with Crippen molar-refractivity contribution in [1.82, 2.24) is 9.97 Å². The van der Waals surface area contributed by atoms with E-state index in [1.54, 1.807) is 12.3 Å². The summed E-state index contributed by atoms with van der Waals surface area (Å²) < 4.78 is 0. The van der Waals surface area contributed by atoms with E-state index in [2.05, 4.69) is 58.4 Å². The third-order valence-electron chi connectivity index (χ3n) is 5.15. The predicted octanol–water partition coefficient (Wildman–Crippen LogP) is 4.18. The zero-order chi connectivity index (χ0) is 19.2. The molecule has 1 aliphatic heterocycles. The number of hydrogen-bond donors (Lipinski definition) is 2. The van der Waals surface area contributed by atoms with E-state index in [-0.39, 0.29) is 11.9 Å². The molecule has 1 unspecified atom stereocenters. The molecular weight excluding hydrogens is 338 g/mol. The molecule has 1 saturated heterocycles. The molecule has 1 atom stereocenters. The van der Waals surface area contributed by atoms with Gasteiger partial charge in [-0.15, -0.1) is 0 Å². The van der Waals surface area contributed by atoms with Crippen molar-refractivity contribution in [2.75, 3.05) is 28.6 Å². The standard InChI is InChI=1S/C21H29N5O/c1-4-16(3)23-21-22-12-9-19(25-21)20(27)24-17-5-7-18(8-6-17)26-13-10-15(2)11-14-26/h5-9,12,15-16H,4,10-11,13-14H2,1-3H3,(H,24,27)(H,22,23,25). The Balaban J connectivity index is 1.61. The summed E-state index contributed by atoms with van der Waals surface area (Å²) in [5, 5.41) is 6.10. The number of rotatable bonds is 6. The van der Waals surface area contributed by atoms with Gasteiger partial charge in [-0.1, -0.05) is 13.8 Å². The lowest BCUT2D eigenvalue weighted by Crippen LogP contribution is -2.32. The highest BCUT2D eigenvalue weighted by molar-refractivity contribution is 6.03. The van der Waals surface area contributed by atoms with Crippen LogP contribution in [-0.4, -0.2) is 35.0 Å². The molecule has 0 aliphatic carbocycles. The Bertz CT molecular complexity index is 753. The van der Waals surface area contributed by atoms with E-state index >= 15 is 0 Å². The van der Waals surface area contributed by atoms with Crippen LogP contribution in [0.3, 0.4) is 0 Å². The Hall–Kier alpha value is -2.63. The van der Waals surface area contributed by atoms with Crippen LogP contribution >= 0.6 is 0 Å². The van der Waals surface area contributed by atoms with Crippen LogP contribution in [-0.2, 0) is 0 Å². The highest BCUT2D eigenvalue weighted by Gasteiger charge is 2.16. The largest absolute Gasteiger partial charge is 0.372 e. The van der Waals surface area contributed by atoms with Gasteiger partial charge in [-0.3, -0.25) is 4.79 Å². The maximum atomic E-state index is 12.5. The van der Waals surface area contributed by atoms with E-state index in [1.165, 1.54) is 18.5 Å². The van der Waals surface area contributed by atoms with Gasteiger partial charge >= 0.3 is 0 Å². The molecule has 2 heterocycles. The Morgan fingerprint density at radius 1 is 1.22 bits per heavy atom. The molecule has 1 aromatic carbocycles. The molecule has 0 spiro atoms. The van der Waals surface area contributed by atoms with Gasteiger partial charge in [0.25, 0.3) is 5.91 Å². The summed E-state index contributed by atoms with van der Waals surface area (Å²) in [5.74, 6) is 1.06. The molecule has 27 heavy (non-hydrogen) atoms. The van der Waals surface area contributed by atoms with Crippen molar-refractivity contribution in [1.29, 1.82) is 0 Å². The van der Waals surface area contributed by atoms with Gasteiger partial charge in [-0.05, 0) is 62.4 Å². The topological polar surface area (TPSA) is 70.2 Å². The van der Waals surface area contributed by atoms with Gasteiger partial charge in [0.15, 0.2) is 0 Å². The van der Waals surface area contributed by atoms with Crippen molar-refractivity contribution in [3.63, 3.8) is 0 Å².